The smallest absolute Gasteiger partial charge is 0.288 e. The van der Waals surface area contributed by atoms with Gasteiger partial charge in [0.2, 0.25) is 11.0 Å². The van der Waals surface area contributed by atoms with Crippen molar-refractivity contribution in [3.63, 3.8) is 0 Å². The SMILES string of the molecule is CC(Sc1nnc(NCc2ccc(F)cc2)s1)C(=O)Nc1ccc(SC(F)F)cc1. The highest BCUT2D eigenvalue weighted by molar-refractivity contribution is 8.02. The van der Waals surface area contributed by atoms with Crippen LogP contribution in [0.3, 0.4) is 0 Å². The second-order valence-corrected chi connectivity index (χ2v) is 9.63. The predicted octanol–water partition coefficient (Wildman–Crippen LogP) is 5.72. The Morgan fingerprint density at radius 2 is 1.77 bits per heavy atom. The number of hydrogen-bond acceptors (Lipinski definition) is 7. The molecule has 11 heteroatoms. The summed E-state index contributed by atoms with van der Waals surface area (Å²) in [6, 6.07) is 12.4. The molecule has 2 aromatic carbocycles. The minimum atomic E-state index is -2.48. The zero-order valence-electron chi connectivity index (χ0n) is 15.6. The molecular formula is C19H17F3N4OS3. The number of rotatable bonds is 9. The van der Waals surface area contributed by atoms with Crippen LogP contribution in [0.4, 0.5) is 24.0 Å². The minimum Gasteiger partial charge on any atom is -0.356 e. The van der Waals surface area contributed by atoms with Crippen molar-refractivity contribution in [1.29, 1.82) is 0 Å². The summed E-state index contributed by atoms with van der Waals surface area (Å²) in [5, 5.41) is 14.1. The first-order valence-corrected chi connectivity index (χ1v) is 11.3. The first-order valence-electron chi connectivity index (χ1n) is 8.73. The second-order valence-electron chi connectivity index (χ2n) is 6.01. The van der Waals surface area contributed by atoms with E-state index in [0.717, 1.165) is 5.56 Å². The lowest BCUT2D eigenvalue weighted by molar-refractivity contribution is -0.115. The first-order chi connectivity index (χ1) is 14.4. The number of carbonyl (C=O) groups is 1. The molecule has 0 spiro atoms. The number of thioether (sulfide) groups is 2. The Kier molecular flexibility index (Phi) is 8.00. The Morgan fingerprint density at radius 1 is 1.07 bits per heavy atom. The summed E-state index contributed by atoms with van der Waals surface area (Å²) in [4.78, 5) is 12.8. The Morgan fingerprint density at radius 3 is 2.43 bits per heavy atom. The zero-order chi connectivity index (χ0) is 21.5. The predicted molar refractivity (Wildman–Crippen MR) is 116 cm³/mol. The maximum atomic E-state index is 12.9. The molecule has 0 bridgehead atoms. The van der Waals surface area contributed by atoms with Gasteiger partial charge in [-0.2, -0.15) is 8.78 Å². The molecule has 2 N–H and O–H groups in total. The van der Waals surface area contributed by atoms with Crippen LogP contribution in [0.25, 0.3) is 0 Å². The number of anilines is 2. The summed E-state index contributed by atoms with van der Waals surface area (Å²) >= 11 is 3.04. The molecule has 0 fully saturated rings. The molecule has 5 nitrogen and oxygen atoms in total. The van der Waals surface area contributed by atoms with Crippen molar-refractivity contribution in [2.45, 2.75) is 33.7 Å². The molecule has 0 aliphatic rings. The van der Waals surface area contributed by atoms with Gasteiger partial charge in [-0.3, -0.25) is 4.79 Å². The van der Waals surface area contributed by atoms with Crippen LogP contribution in [0.1, 0.15) is 12.5 Å². The van der Waals surface area contributed by atoms with E-state index >= 15 is 0 Å². The fraction of sp³-hybridized carbons (Fsp3) is 0.211. The van der Waals surface area contributed by atoms with Gasteiger partial charge in [-0.25, -0.2) is 4.39 Å². The summed E-state index contributed by atoms with van der Waals surface area (Å²) in [5.74, 6) is -3.00. The van der Waals surface area contributed by atoms with Crippen molar-refractivity contribution in [3.8, 4) is 0 Å². The molecule has 3 rings (SSSR count). The molecule has 30 heavy (non-hydrogen) atoms. The van der Waals surface area contributed by atoms with Gasteiger partial charge < -0.3 is 10.6 Å². The summed E-state index contributed by atoms with van der Waals surface area (Å²) in [5.41, 5.74) is 1.44. The third-order valence-electron chi connectivity index (χ3n) is 3.76. The highest BCUT2D eigenvalue weighted by Gasteiger charge is 2.17. The average molecular weight is 471 g/mol. The number of carbonyl (C=O) groups excluding carboxylic acids is 1. The van der Waals surface area contributed by atoms with Crippen molar-refractivity contribution in [3.05, 3.63) is 59.9 Å². The van der Waals surface area contributed by atoms with Crippen molar-refractivity contribution in [2.75, 3.05) is 10.6 Å². The lowest BCUT2D eigenvalue weighted by atomic mass is 10.2. The molecular weight excluding hydrogens is 453 g/mol. The van der Waals surface area contributed by atoms with Gasteiger partial charge in [-0.15, -0.1) is 10.2 Å². The van der Waals surface area contributed by atoms with Gasteiger partial charge >= 0.3 is 0 Å². The van der Waals surface area contributed by atoms with Crippen LogP contribution in [0.15, 0.2) is 57.8 Å². The van der Waals surface area contributed by atoms with E-state index in [4.69, 9.17) is 0 Å². The van der Waals surface area contributed by atoms with E-state index in [2.05, 4.69) is 20.8 Å². The number of aromatic nitrogens is 2. The highest BCUT2D eigenvalue weighted by atomic mass is 32.2. The maximum absolute atomic E-state index is 12.9. The lowest BCUT2D eigenvalue weighted by Crippen LogP contribution is -2.22. The molecule has 1 atom stereocenters. The van der Waals surface area contributed by atoms with E-state index in [1.54, 1.807) is 31.2 Å². The molecule has 0 radical (unpaired) electrons. The van der Waals surface area contributed by atoms with Crippen LogP contribution in [0.2, 0.25) is 0 Å². The summed E-state index contributed by atoms with van der Waals surface area (Å²) in [6.45, 7) is 2.23. The topological polar surface area (TPSA) is 66.9 Å². The van der Waals surface area contributed by atoms with Gasteiger partial charge in [-0.05, 0) is 48.9 Å². The molecule has 158 valence electrons. The van der Waals surface area contributed by atoms with Crippen molar-refractivity contribution < 1.29 is 18.0 Å². The van der Waals surface area contributed by atoms with Crippen LogP contribution in [-0.2, 0) is 11.3 Å². The molecule has 0 aliphatic heterocycles. The fourth-order valence-electron chi connectivity index (χ4n) is 2.28. The van der Waals surface area contributed by atoms with Crippen molar-refractivity contribution >= 4 is 51.6 Å². The fourth-order valence-corrected chi connectivity index (χ4v) is 4.67. The quantitative estimate of drug-likeness (QED) is 0.390. The molecule has 1 amide bonds. The molecule has 1 heterocycles. The number of nitrogens with one attached hydrogen (secondary N) is 2. The van der Waals surface area contributed by atoms with E-state index in [1.807, 2.05) is 0 Å². The summed E-state index contributed by atoms with van der Waals surface area (Å²) < 4.78 is 38.3. The minimum absolute atomic E-state index is 0.231. The number of benzene rings is 2. The standard InChI is InChI=1S/C19H17F3N4OS3/c1-11(16(27)24-14-6-8-15(9-7-14)29-17(21)22)28-19-26-25-18(30-19)23-10-12-2-4-13(20)5-3-12/h2-9,11,17H,10H2,1H3,(H,23,25)(H,24,27). The van der Waals surface area contributed by atoms with Crippen LogP contribution in [0.5, 0.6) is 0 Å². The maximum Gasteiger partial charge on any atom is 0.288 e. The van der Waals surface area contributed by atoms with Crippen LogP contribution in [-0.4, -0.2) is 27.1 Å². The van der Waals surface area contributed by atoms with E-state index in [9.17, 15) is 18.0 Å². The van der Waals surface area contributed by atoms with E-state index in [0.29, 0.717) is 38.4 Å². The Balaban J connectivity index is 1.48. The number of alkyl halides is 2. The van der Waals surface area contributed by atoms with Crippen LogP contribution in [0, 0.1) is 5.82 Å². The van der Waals surface area contributed by atoms with Crippen molar-refractivity contribution in [1.82, 2.24) is 10.2 Å². The van der Waals surface area contributed by atoms with Gasteiger partial charge in [0.1, 0.15) is 5.82 Å². The molecule has 0 saturated carbocycles. The third kappa shape index (κ3) is 6.92. The van der Waals surface area contributed by atoms with Gasteiger partial charge in [0, 0.05) is 17.1 Å². The average Bonchev–Trinajstić information content (AvgIpc) is 3.16. The summed E-state index contributed by atoms with van der Waals surface area (Å²) in [6.07, 6.45) is 0. The Hall–Kier alpha value is -2.24. The Bertz CT molecular complexity index is 968. The number of halogens is 3. The van der Waals surface area contributed by atoms with Crippen LogP contribution < -0.4 is 10.6 Å². The molecule has 0 saturated heterocycles. The van der Waals surface area contributed by atoms with Crippen LogP contribution >= 0.6 is 34.9 Å². The highest BCUT2D eigenvalue weighted by Crippen LogP contribution is 2.30. The third-order valence-corrected chi connectivity index (χ3v) is 6.54. The number of amides is 1. The Labute approximate surface area is 183 Å². The van der Waals surface area contributed by atoms with E-state index in [1.165, 1.54) is 47.4 Å². The summed E-state index contributed by atoms with van der Waals surface area (Å²) in [7, 11) is 0. The van der Waals surface area contributed by atoms with Gasteiger partial charge in [0.05, 0.1) is 5.25 Å². The molecule has 1 aromatic heterocycles. The zero-order valence-corrected chi connectivity index (χ0v) is 18.1. The second kappa shape index (κ2) is 10.7. The van der Waals surface area contributed by atoms with Gasteiger partial charge in [-0.1, -0.05) is 47.0 Å². The molecule has 1 unspecified atom stereocenters. The monoisotopic (exact) mass is 470 g/mol. The molecule has 0 aliphatic carbocycles. The first kappa shape index (κ1) is 22.4. The van der Waals surface area contributed by atoms with E-state index in [-0.39, 0.29) is 11.7 Å². The number of nitrogens with zero attached hydrogens (tertiary/aromatic N) is 2. The normalized spacial score (nSPS) is 12.0. The van der Waals surface area contributed by atoms with Gasteiger partial charge in [0.25, 0.3) is 5.76 Å². The molecule has 3 aromatic rings. The lowest BCUT2D eigenvalue weighted by Gasteiger charge is -2.10. The number of hydrogen-bond donors (Lipinski definition) is 2. The van der Waals surface area contributed by atoms with Gasteiger partial charge in [0.15, 0.2) is 4.34 Å². The largest absolute Gasteiger partial charge is 0.356 e. The van der Waals surface area contributed by atoms with E-state index < -0.39 is 11.0 Å². The van der Waals surface area contributed by atoms with Crippen molar-refractivity contribution in [2.24, 2.45) is 0 Å².